The number of aromatic nitrogens is 2. The average Bonchev–Trinajstić information content (AvgIpc) is 2.82. The molecule has 17 heavy (non-hydrogen) atoms. The van der Waals surface area contributed by atoms with Gasteiger partial charge in [-0.2, -0.15) is 0 Å². The molecule has 0 saturated heterocycles. The Kier molecular flexibility index (Phi) is 5.29. The summed E-state index contributed by atoms with van der Waals surface area (Å²) >= 11 is 1.68. The first kappa shape index (κ1) is 13.8. The number of nitrogens with zero attached hydrogens (tertiary/aromatic N) is 2. The summed E-state index contributed by atoms with van der Waals surface area (Å²) in [5.41, 5.74) is 2.43. The van der Waals surface area contributed by atoms with E-state index in [0.29, 0.717) is 5.92 Å². The summed E-state index contributed by atoms with van der Waals surface area (Å²) in [6.07, 6.45) is 0. The van der Waals surface area contributed by atoms with Crippen LogP contribution in [-0.4, -0.2) is 10.2 Å². The molecule has 0 atom stereocenters. The van der Waals surface area contributed by atoms with Gasteiger partial charge in [0, 0.05) is 11.5 Å². The molecule has 2 nitrogen and oxygen atoms in total. The van der Waals surface area contributed by atoms with Crippen LogP contribution in [-0.2, 0) is 0 Å². The van der Waals surface area contributed by atoms with Gasteiger partial charge in [0.1, 0.15) is 10.0 Å². The molecular weight excluding hydrogens is 228 g/mol. The Labute approximate surface area is 108 Å². The first-order chi connectivity index (χ1) is 8.16. The number of benzene rings is 1. The van der Waals surface area contributed by atoms with Crippen LogP contribution in [0.15, 0.2) is 24.3 Å². The first-order valence-electron chi connectivity index (χ1n) is 6.07. The van der Waals surface area contributed by atoms with E-state index in [-0.39, 0.29) is 0 Å². The highest BCUT2D eigenvalue weighted by molar-refractivity contribution is 7.14. The standard InChI is InChI=1S/C12H14N2S.C2H6/c1-8(2)11-13-14-12(15-11)10-6-4-9(3)5-7-10;1-2/h4-8H,1-3H3;1-2H3. The van der Waals surface area contributed by atoms with Gasteiger partial charge in [-0.15, -0.1) is 10.2 Å². The second-order valence-electron chi connectivity index (χ2n) is 3.97. The minimum atomic E-state index is 0.460. The second kappa shape index (κ2) is 6.50. The van der Waals surface area contributed by atoms with Crippen molar-refractivity contribution in [1.29, 1.82) is 0 Å². The van der Waals surface area contributed by atoms with Crippen LogP contribution >= 0.6 is 11.3 Å². The van der Waals surface area contributed by atoms with Crippen molar-refractivity contribution in [3.05, 3.63) is 34.8 Å². The molecule has 1 aromatic heterocycles. The molecule has 2 aromatic rings. The van der Waals surface area contributed by atoms with Gasteiger partial charge in [-0.05, 0) is 6.92 Å². The third-order valence-electron chi connectivity index (χ3n) is 2.23. The molecule has 0 radical (unpaired) electrons. The van der Waals surface area contributed by atoms with Gasteiger partial charge in [-0.1, -0.05) is 68.9 Å². The molecule has 0 bridgehead atoms. The van der Waals surface area contributed by atoms with Crippen LogP contribution in [0.4, 0.5) is 0 Å². The lowest BCUT2D eigenvalue weighted by Gasteiger charge is -1.96. The van der Waals surface area contributed by atoms with Gasteiger partial charge in [0.15, 0.2) is 0 Å². The Morgan fingerprint density at radius 2 is 1.59 bits per heavy atom. The van der Waals surface area contributed by atoms with E-state index in [1.807, 2.05) is 13.8 Å². The number of aryl methyl sites for hydroxylation is 1. The molecule has 0 aliphatic rings. The zero-order valence-electron chi connectivity index (χ0n) is 11.2. The molecule has 1 heterocycles. The van der Waals surface area contributed by atoms with Crippen LogP contribution in [0.5, 0.6) is 0 Å². The Hall–Kier alpha value is -1.22. The molecular formula is C14H20N2S. The molecule has 0 saturated carbocycles. The van der Waals surface area contributed by atoms with E-state index in [1.165, 1.54) is 5.56 Å². The minimum Gasteiger partial charge on any atom is -0.143 e. The molecule has 0 spiro atoms. The monoisotopic (exact) mass is 248 g/mol. The van der Waals surface area contributed by atoms with Crippen molar-refractivity contribution in [2.24, 2.45) is 0 Å². The average molecular weight is 248 g/mol. The van der Waals surface area contributed by atoms with E-state index in [9.17, 15) is 0 Å². The van der Waals surface area contributed by atoms with Crippen molar-refractivity contribution in [3.63, 3.8) is 0 Å². The van der Waals surface area contributed by atoms with Crippen molar-refractivity contribution >= 4 is 11.3 Å². The highest BCUT2D eigenvalue weighted by Crippen LogP contribution is 2.27. The molecule has 1 aromatic carbocycles. The van der Waals surface area contributed by atoms with Crippen LogP contribution in [0.2, 0.25) is 0 Å². The van der Waals surface area contributed by atoms with Crippen molar-refractivity contribution in [3.8, 4) is 10.6 Å². The van der Waals surface area contributed by atoms with Crippen LogP contribution in [0, 0.1) is 6.92 Å². The van der Waals surface area contributed by atoms with Crippen molar-refractivity contribution in [1.82, 2.24) is 10.2 Å². The normalized spacial score (nSPS) is 10.0. The summed E-state index contributed by atoms with van der Waals surface area (Å²) < 4.78 is 0. The van der Waals surface area contributed by atoms with Gasteiger partial charge >= 0.3 is 0 Å². The Morgan fingerprint density at radius 1 is 1.00 bits per heavy atom. The molecule has 0 aliphatic carbocycles. The fourth-order valence-electron chi connectivity index (χ4n) is 1.28. The summed E-state index contributed by atoms with van der Waals surface area (Å²) in [6.45, 7) is 10.4. The van der Waals surface area contributed by atoms with Crippen molar-refractivity contribution in [2.45, 2.75) is 40.5 Å². The first-order valence-corrected chi connectivity index (χ1v) is 6.89. The smallest absolute Gasteiger partial charge is 0.143 e. The largest absolute Gasteiger partial charge is 0.147 e. The van der Waals surface area contributed by atoms with Crippen LogP contribution < -0.4 is 0 Å². The number of hydrogen-bond donors (Lipinski definition) is 0. The Morgan fingerprint density at radius 3 is 2.06 bits per heavy atom. The lowest BCUT2D eigenvalue weighted by molar-refractivity contribution is 0.825. The maximum absolute atomic E-state index is 4.21. The van der Waals surface area contributed by atoms with E-state index in [2.05, 4.69) is 55.2 Å². The maximum atomic E-state index is 4.21. The van der Waals surface area contributed by atoms with E-state index in [1.54, 1.807) is 11.3 Å². The SMILES string of the molecule is CC.Cc1ccc(-c2nnc(C(C)C)s2)cc1. The molecule has 0 aliphatic heterocycles. The zero-order valence-corrected chi connectivity index (χ0v) is 12.0. The Balaban J connectivity index is 0.000000686. The molecule has 0 fully saturated rings. The predicted molar refractivity (Wildman–Crippen MR) is 75.5 cm³/mol. The summed E-state index contributed by atoms with van der Waals surface area (Å²) in [4.78, 5) is 0. The van der Waals surface area contributed by atoms with Gasteiger partial charge in [-0.25, -0.2) is 0 Å². The fraction of sp³-hybridized carbons (Fsp3) is 0.429. The third kappa shape index (κ3) is 3.63. The van der Waals surface area contributed by atoms with E-state index >= 15 is 0 Å². The molecule has 0 N–H and O–H groups in total. The van der Waals surface area contributed by atoms with Crippen molar-refractivity contribution < 1.29 is 0 Å². The van der Waals surface area contributed by atoms with Crippen LogP contribution in [0.25, 0.3) is 10.6 Å². The van der Waals surface area contributed by atoms with E-state index in [4.69, 9.17) is 0 Å². The van der Waals surface area contributed by atoms with Gasteiger partial charge in [-0.3, -0.25) is 0 Å². The van der Waals surface area contributed by atoms with Crippen LogP contribution in [0.3, 0.4) is 0 Å². The van der Waals surface area contributed by atoms with Gasteiger partial charge in [0.25, 0.3) is 0 Å². The van der Waals surface area contributed by atoms with Crippen molar-refractivity contribution in [2.75, 3.05) is 0 Å². The Bertz CT molecular complexity index is 444. The van der Waals surface area contributed by atoms with Gasteiger partial charge in [0.05, 0.1) is 0 Å². The van der Waals surface area contributed by atoms with E-state index < -0.39 is 0 Å². The number of rotatable bonds is 2. The third-order valence-corrected chi connectivity index (χ3v) is 3.51. The summed E-state index contributed by atoms with van der Waals surface area (Å²) in [7, 11) is 0. The molecule has 3 heteroatoms. The van der Waals surface area contributed by atoms with Crippen LogP contribution in [0.1, 0.15) is 44.2 Å². The highest BCUT2D eigenvalue weighted by atomic mass is 32.1. The zero-order chi connectivity index (χ0) is 12.8. The topological polar surface area (TPSA) is 25.8 Å². The molecule has 0 unspecified atom stereocenters. The molecule has 0 amide bonds. The van der Waals surface area contributed by atoms with Gasteiger partial charge in [0.2, 0.25) is 0 Å². The fourth-order valence-corrected chi connectivity index (χ4v) is 2.13. The minimum absolute atomic E-state index is 0.460. The van der Waals surface area contributed by atoms with E-state index in [0.717, 1.165) is 15.6 Å². The summed E-state index contributed by atoms with van der Waals surface area (Å²) in [5, 5.41) is 10.5. The second-order valence-corrected chi connectivity index (χ2v) is 4.98. The molecule has 92 valence electrons. The number of hydrogen-bond acceptors (Lipinski definition) is 3. The summed E-state index contributed by atoms with van der Waals surface area (Å²) in [5.74, 6) is 0.460. The summed E-state index contributed by atoms with van der Waals surface area (Å²) in [6, 6.07) is 8.40. The lowest BCUT2D eigenvalue weighted by atomic mass is 10.2. The molecule has 2 rings (SSSR count). The maximum Gasteiger partial charge on any atom is 0.147 e. The van der Waals surface area contributed by atoms with Gasteiger partial charge < -0.3 is 0 Å². The lowest BCUT2D eigenvalue weighted by Crippen LogP contribution is -1.83. The highest BCUT2D eigenvalue weighted by Gasteiger charge is 2.08. The predicted octanol–water partition coefficient (Wildman–Crippen LogP) is 4.66. The quantitative estimate of drug-likeness (QED) is 0.772.